The monoisotopic (exact) mass is 250 g/mol. The van der Waals surface area contributed by atoms with Crippen LogP contribution in [-0.4, -0.2) is 34.4 Å². The third-order valence-electron chi connectivity index (χ3n) is 3.36. The first-order chi connectivity index (χ1) is 8.45. The van der Waals surface area contributed by atoms with Crippen LogP contribution in [0, 0.1) is 0 Å². The van der Waals surface area contributed by atoms with Crippen molar-refractivity contribution in [3.05, 3.63) is 23.4 Å². The fraction of sp³-hybridized carbons (Fsp3) is 0.538. The predicted molar refractivity (Wildman–Crippen MR) is 68.0 cm³/mol. The number of anilines is 1. The summed E-state index contributed by atoms with van der Waals surface area (Å²) in [7, 11) is 0. The van der Waals surface area contributed by atoms with Crippen molar-refractivity contribution in [1.82, 2.24) is 4.98 Å². The summed E-state index contributed by atoms with van der Waals surface area (Å²) >= 11 is 0. The van der Waals surface area contributed by atoms with Gasteiger partial charge in [-0.25, -0.2) is 9.78 Å². The molecule has 0 unspecified atom stereocenters. The third-order valence-corrected chi connectivity index (χ3v) is 3.36. The highest BCUT2D eigenvalue weighted by Gasteiger charge is 2.27. The Morgan fingerprint density at radius 2 is 2.22 bits per heavy atom. The summed E-state index contributed by atoms with van der Waals surface area (Å²) in [6, 6.07) is 3.80. The highest BCUT2D eigenvalue weighted by atomic mass is 16.4. The van der Waals surface area contributed by atoms with E-state index in [0.717, 1.165) is 24.1 Å². The zero-order valence-corrected chi connectivity index (χ0v) is 10.7. The van der Waals surface area contributed by atoms with Crippen molar-refractivity contribution in [1.29, 1.82) is 0 Å². The second-order valence-electron chi connectivity index (χ2n) is 5.26. The van der Waals surface area contributed by atoms with Gasteiger partial charge in [0.1, 0.15) is 5.82 Å². The number of pyridine rings is 1. The number of nitrogens with zero attached hydrogens (tertiary/aromatic N) is 2. The zero-order chi connectivity index (χ0) is 13.3. The second-order valence-corrected chi connectivity index (χ2v) is 5.26. The Morgan fingerprint density at radius 3 is 2.83 bits per heavy atom. The van der Waals surface area contributed by atoms with Gasteiger partial charge in [-0.15, -0.1) is 0 Å². The van der Waals surface area contributed by atoms with Gasteiger partial charge in [-0.3, -0.25) is 4.90 Å². The third kappa shape index (κ3) is 2.18. The van der Waals surface area contributed by atoms with Crippen molar-refractivity contribution in [2.24, 2.45) is 0 Å². The van der Waals surface area contributed by atoms with Gasteiger partial charge in [0.2, 0.25) is 0 Å². The molecule has 0 atom stereocenters. The van der Waals surface area contributed by atoms with Gasteiger partial charge < -0.3 is 10.2 Å². The van der Waals surface area contributed by atoms with Crippen molar-refractivity contribution >= 4 is 11.9 Å². The van der Waals surface area contributed by atoms with Crippen LogP contribution >= 0.6 is 0 Å². The zero-order valence-electron chi connectivity index (χ0n) is 10.7. The van der Waals surface area contributed by atoms with Gasteiger partial charge in [0, 0.05) is 12.0 Å². The number of amides is 1. The molecule has 1 aliphatic rings. The van der Waals surface area contributed by atoms with Crippen LogP contribution in [0.15, 0.2) is 12.1 Å². The molecule has 0 spiro atoms. The first-order valence-electron chi connectivity index (χ1n) is 6.07. The van der Waals surface area contributed by atoms with Gasteiger partial charge in [0.05, 0.1) is 12.3 Å². The van der Waals surface area contributed by atoms with E-state index in [1.165, 1.54) is 4.90 Å². The van der Waals surface area contributed by atoms with Crippen molar-refractivity contribution < 1.29 is 15.0 Å². The van der Waals surface area contributed by atoms with E-state index in [0.29, 0.717) is 12.4 Å². The van der Waals surface area contributed by atoms with E-state index >= 15 is 0 Å². The van der Waals surface area contributed by atoms with Crippen LogP contribution in [0.1, 0.15) is 31.5 Å². The number of aliphatic hydroxyl groups excluding tert-OH is 1. The standard InChI is InChI=1S/C13H18N2O3/c1-13(2,8-16)10-6-5-9-4-3-7-15(12(17)18)11(9)14-10/h5-6,16H,3-4,7-8H2,1-2H3,(H,17,18). The molecule has 0 aromatic carbocycles. The first-order valence-corrected chi connectivity index (χ1v) is 6.07. The van der Waals surface area contributed by atoms with E-state index in [2.05, 4.69) is 4.98 Å². The van der Waals surface area contributed by atoms with Crippen LogP contribution < -0.4 is 4.90 Å². The van der Waals surface area contributed by atoms with Gasteiger partial charge in [0.25, 0.3) is 0 Å². The number of rotatable bonds is 2. The fourth-order valence-corrected chi connectivity index (χ4v) is 2.08. The number of carboxylic acid groups (broad SMARTS) is 1. The molecule has 1 aliphatic heterocycles. The van der Waals surface area contributed by atoms with E-state index < -0.39 is 11.5 Å². The minimum absolute atomic E-state index is 0.0220. The lowest BCUT2D eigenvalue weighted by Gasteiger charge is -2.29. The molecule has 2 rings (SSSR count). The summed E-state index contributed by atoms with van der Waals surface area (Å²) < 4.78 is 0. The van der Waals surface area contributed by atoms with E-state index in [-0.39, 0.29) is 6.61 Å². The second kappa shape index (κ2) is 4.57. The summed E-state index contributed by atoms with van der Waals surface area (Å²) in [5.41, 5.74) is 1.22. The van der Waals surface area contributed by atoms with Crippen LogP contribution in [0.3, 0.4) is 0 Å². The molecule has 0 bridgehead atoms. The molecule has 0 saturated carbocycles. The highest BCUT2D eigenvalue weighted by Crippen LogP contribution is 2.29. The summed E-state index contributed by atoms with van der Waals surface area (Å²) in [5.74, 6) is 0.521. The molecule has 0 saturated heterocycles. The van der Waals surface area contributed by atoms with E-state index in [1.54, 1.807) is 0 Å². The maximum Gasteiger partial charge on any atom is 0.413 e. The molecular weight excluding hydrogens is 232 g/mol. The number of hydrogen-bond acceptors (Lipinski definition) is 3. The Balaban J connectivity index is 2.46. The summed E-state index contributed by atoms with van der Waals surface area (Å²) in [4.78, 5) is 16.9. The van der Waals surface area contributed by atoms with Gasteiger partial charge in [-0.05, 0) is 24.5 Å². The number of hydrogen-bond donors (Lipinski definition) is 2. The van der Waals surface area contributed by atoms with E-state index in [9.17, 15) is 15.0 Å². The summed E-state index contributed by atoms with van der Waals surface area (Å²) in [6.07, 6.45) is 0.706. The van der Waals surface area contributed by atoms with E-state index in [1.807, 2.05) is 26.0 Å². The predicted octanol–water partition coefficient (Wildman–Crippen LogP) is 1.78. The molecule has 0 radical (unpaired) electrons. The largest absolute Gasteiger partial charge is 0.465 e. The maximum atomic E-state index is 11.2. The Labute approximate surface area is 106 Å². The lowest BCUT2D eigenvalue weighted by Crippen LogP contribution is -2.36. The van der Waals surface area contributed by atoms with Gasteiger partial charge in [-0.2, -0.15) is 0 Å². The normalized spacial score (nSPS) is 15.4. The molecule has 5 nitrogen and oxygen atoms in total. The Bertz CT molecular complexity index is 471. The summed E-state index contributed by atoms with van der Waals surface area (Å²) in [6.45, 7) is 4.23. The van der Waals surface area contributed by atoms with Crippen molar-refractivity contribution in [3.63, 3.8) is 0 Å². The topological polar surface area (TPSA) is 73.7 Å². The van der Waals surface area contributed by atoms with Gasteiger partial charge >= 0.3 is 6.09 Å². The number of aryl methyl sites for hydroxylation is 1. The van der Waals surface area contributed by atoms with Gasteiger partial charge in [-0.1, -0.05) is 19.9 Å². The molecule has 1 aromatic rings. The SMILES string of the molecule is CC(C)(CO)c1ccc2c(n1)N(C(=O)O)CCC2. The fourth-order valence-electron chi connectivity index (χ4n) is 2.08. The van der Waals surface area contributed by atoms with Crippen molar-refractivity contribution in [3.8, 4) is 0 Å². The minimum atomic E-state index is -0.970. The van der Waals surface area contributed by atoms with Crippen LogP contribution in [0.5, 0.6) is 0 Å². The Kier molecular flexibility index (Phi) is 3.26. The number of aliphatic hydroxyl groups is 1. The molecule has 98 valence electrons. The average Bonchev–Trinajstić information content (AvgIpc) is 2.37. The number of aromatic nitrogens is 1. The first kappa shape index (κ1) is 12.8. The number of fused-ring (bicyclic) bond motifs is 1. The van der Waals surface area contributed by atoms with Crippen molar-refractivity contribution in [2.45, 2.75) is 32.1 Å². The van der Waals surface area contributed by atoms with Crippen molar-refractivity contribution in [2.75, 3.05) is 18.1 Å². The van der Waals surface area contributed by atoms with E-state index in [4.69, 9.17) is 0 Å². The highest BCUT2D eigenvalue weighted by molar-refractivity contribution is 5.86. The maximum absolute atomic E-state index is 11.2. The Hall–Kier alpha value is -1.62. The molecular formula is C13H18N2O3. The lowest BCUT2D eigenvalue weighted by atomic mass is 9.89. The van der Waals surface area contributed by atoms with Gasteiger partial charge in [0.15, 0.2) is 0 Å². The van der Waals surface area contributed by atoms with Crippen LogP contribution in [-0.2, 0) is 11.8 Å². The average molecular weight is 250 g/mol. The molecule has 0 aliphatic carbocycles. The lowest BCUT2D eigenvalue weighted by molar-refractivity contribution is 0.200. The molecule has 0 fully saturated rings. The molecule has 2 heterocycles. The quantitative estimate of drug-likeness (QED) is 0.839. The molecule has 1 amide bonds. The molecule has 2 N–H and O–H groups in total. The summed E-state index contributed by atoms with van der Waals surface area (Å²) in [5, 5.41) is 18.5. The minimum Gasteiger partial charge on any atom is -0.465 e. The molecule has 18 heavy (non-hydrogen) atoms. The Morgan fingerprint density at radius 1 is 1.50 bits per heavy atom. The smallest absolute Gasteiger partial charge is 0.413 e. The van der Waals surface area contributed by atoms with Crippen LogP contribution in [0.4, 0.5) is 10.6 Å². The van der Waals surface area contributed by atoms with Crippen LogP contribution in [0.25, 0.3) is 0 Å². The van der Waals surface area contributed by atoms with Crippen LogP contribution in [0.2, 0.25) is 0 Å². The molecule has 1 aromatic heterocycles. The molecule has 5 heteroatoms. The number of carbonyl (C=O) groups is 1.